The zero-order valence-corrected chi connectivity index (χ0v) is 13.0. The summed E-state index contributed by atoms with van der Waals surface area (Å²) < 4.78 is 5.00. The Kier molecular flexibility index (Phi) is 5.16. The molecule has 92 valence electrons. The van der Waals surface area contributed by atoms with Crippen molar-refractivity contribution in [3.05, 3.63) is 41.5 Å². The highest BCUT2D eigenvalue weighted by atomic mass is 28.1. The number of carbonyl (C=O) groups is 1. The number of carbonyl (C=O) groups excluding carboxylic acids is 1. The monoisotopic (exact) mass is 248 g/mol. The van der Waals surface area contributed by atoms with E-state index in [1.54, 1.807) is 0 Å². The summed E-state index contributed by atoms with van der Waals surface area (Å²) in [6.07, 6.45) is 2.76. The van der Waals surface area contributed by atoms with Gasteiger partial charge in [-0.15, -0.1) is 0 Å². The first-order chi connectivity index (χ1) is 8.04. The van der Waals surface area contributed by atoms with E-state index in [0.717, 1.165) is 15.8 Å². The van der Waals surface area contributed by atoms with Crippen LogP contribution in [-0.2, 0) is 4.74 Å². The van der Waals surface area contributed by atoms with E-state index in [1.165, 1.54) is 5.57 Å². The van der Waals surface area contributed by atoms with E-state index in [1.807, 2.05) is 24.3 Å². The average Bonchev–Trinajstić information content (AvgIpc) is 2.28. The van der Waals surface area contributed by atoms with Crippen molar-refractivity contribution in [1.29, 1.82) is 0 Å². The molecule has 0 aromatic heterocycles. The minimum absolute atomic E-state index is 0.225. The maximum Gasteiger partial charge on any atom is 0.337 e. The molecule has 0 atom stereocenters. The molecule has 0 aliphatic carbocycles. The molecule has 0 N–H and O–H groups in total. The molecule has 3 heteroatoms. The highest BCUT2D eigenvalue weighted by Gasteiger charge is 2.05. The van der Waals surface area contributed by atoms with Gasteiger partial charge in [0.05, 0.1) is 22.0 Å². The quantitative estimate of drug-likeness (QED) is 0.603. The zero-order chi connectivity index (χ0) is 12.8. The first-order valence-corrected chi connectivity index (χ1v) is 7.42. The number of hydrogen-bond acceptors (Lipinski definition) is 2. The molecule has 2 nitrogen and oxygen atoms in total. The lowest BCUT2D eigenvalue weighted by atomic mass is 10.0. The zero-order valence-electron chi connectivity index (χ0n) is 11.0. The molecule has 0 aliphatic heterocycles. The van der Waals surface area contributed by atoms with Gasteiger partial charge in [-0.25, -0.2) is 4.79 Å². The van der Waals surface area contributed by atoms with Gasteiger partial charge < -0.3 is 4.74 Å². The summed E-state index contributed by atoms with van der Waals surface area (Å²) in [6, 6.07) is 7.59. The number of esters is 1. The Bertz CT molecular complexity index is 405. The molecule has 0 bridgehead atoms. The first-order valence-electron chi connectivity index (χ1n) is 6.00. The standard InChI is InChI=1S/C14H20O2Si/c1-10(2)8-11(3)12-4-6-13(7-5-12)14(15)16-9-17/h4-8,10H,9H2,1-3,17H3/b11-8+. The largest absolute Gasteiger partial charge is 0.467 e. The van der Waals surface area contributed by atoms with E-state index in [4.69, 9.17) is 4.74 Å². The molecular formula is C14H20O2Si. The van der Waals surface area contributed by atoms with E-state index in [2.05, 4.69) is 26.8 Å². The van der Waals surface area contributed by atoms with Gasteiger partial charge in [0.2, 0.25) is 0 Å². The average molecular weight is 248 g/mol. The molecule has 17 heavy (non-hydrogen) atoms. The molecule has 0 fully saturated rings. The second kappa shape index (κ2) is 6.40. The number of allylic oxidation sites excluding steroid dienone is 2. The highest BCUT2D eigenvalue weighted by molar-refractivity contribution is 6.09. The van der Waals surface area contributed by atoms with Crippen molar-refractivity contribution in [2.75, 3.05) is 6.23 Å². The van der Waals surface area contributed by atoms with Crippen LogP contribution in [0.5, 0.6) is 0 Å². The topological polar surface area (TPSA) is 26.3 Å². The minimum atomic E-state index is -0.225. The molecule has 0 saturated carbocycles. The molecular weight excluding hydrogens is 228 g/mol. The van der Waals surface area contributed by atoms with Gasteiger partial charge in [0.25, 0.3) is 0 Å². The molecule has 1 aromatic carbocycles. The number of benzene rings is 1. The summed E-state index contributed by atoms with van der Waals surface area (Å²) in [4.78, 5) is 11.5. The third-order valence-corrected chi connectivity index (χ3v) is 2.72. The van der Waals surface area contributed by atoms with E-state index < -0.39 is 0 Å². The summed E-state index contributed by atoms with van der Waals surface area (Å²) in [5.74, 6) is 0.307. The molecule has 0 amide bonds. The Morgan fingerprint density at radius 2 is 1.82 bits per heavy atom. The van der Waals surface area contributed by atoms with Gasteiger partial charge in [0.1, 0.15) is 0 Å². The second-order valence-electron chi connectivity index (χ2n) is 4.39. The third kappa shape index (κ3) is 4.19. The molecule has 0 saturated heterocycles. The molecule has 1 rings (SSSR count). The SMILES string of the molecule is C/C(=C\C(C)C)c1ccc(C(=O)OC[SiH3])cc1. The van der Waals surface area contributed by atoms with Gasteiger partial charge in [-0.1, -0.05) is 32.1 Å². The van der Waals surface area contributed by atoms with Crippen LogP contribution >= 0.6 is 0 Å². The van der Waals surface area contributed by atoms with Crippen molar-refractivity contribution < 1.29 is 9.53 Å². The number of ether oxygens (including phenoxy) is 1. The summed E-state index contributed by atoms with van der Waals surface area (Å²) in [7, 11) is 0.879. The Hall–Kier alpha value is -1.35. The van der Waals surface area contributed by atoms with Crippen molar-refractivity contribution in [2.45, 2.75) is 20.8 Å². The van der Waals surface area contributed by atoms with Crippen LogP contribution in [0, 0.1) is 5.92 Å². The van der Waals surface area contributed by atoms with Gasteiger partial charge in [-0.2, -0.15) is 0 Å². The van der Waals surface area contributed by atoms with Crippen LogP contribution in [-0.4, -0.2) is 22.4 Å². The molecule has 0 unspecified atom stereocenters. The Labute approximate surface area is 106 Å². The summed E-state index contributed by atoms with van der Waals surface area (Å²) in [6.45, 7) is 6.39. The van der Waals surface area contributed by atoms with Crippen LogP contribution in [0.1, 0.15) is 36.7 Å². The molecule has 0 aliphatic rings. The second-order valence-corrected chi connectivity index (χ2v) is 4.97. The lowest BCUT2D eigenvalue weighted by molar-refractivity contribution is 0.0573. The van der Waals surface area contributed by atoms with Crippen LogP contribution in [0.2, 0.25) is 0 Å². The van der Waals surface area contributed by atoms with Crippen LogP contribution in [0.25, 0.3) is 5.57 Å². The summed E-state index contributed by atoms with van der Waals surface area (Å²) >= 11 is 0. The molecule has 1 aromatic rings. The van der Waals surface area contributed by atoms with E-state index >= 15 is 0 Å². The van der Waals surface area contributed by atoms with Crippen molar-refractivity contribution in [3.63, 3.8) is 0 Å². The normalized spacial score (nSPS) is 11.9. The fraction of sp³-hybridized carbons (Fsp3) is 0.357. The van der Waals surface area contributed by atoms with Gasteiger partial charge >= 0.3 is 5.97 Å². The predicted molar refractivity (Wildman–Crippen MR) is 75.2 cm³/mol. The van der Waals surface area contributed by atoms with Crippen molar-refractivity contribution >= 4 is 21.8 Å². The van der Waals surface area contributed by atoms with E-state index in [9.17, 15) is 4.79 Å². The Morgan fingerprint density at radius 3 is 2.29 bits per heavy atom. The maximum atomic E-state index is 11.5. The van der Waals surface area contributed by atoms with Crippen molar-refractivity contribution in [2.24, 2.45) is 5.92 Å². The van der Waals surface area contributed by atoms with E-state index in [-0.39, 0.29) is 5.97 Å². The van der Waals surface area contributed by atoms with Crippen molar-refractivity contribution in [3.8, 4) is 0 Å². The summed E-state index contributed by atoms with van der Waals surface area (Å²) in [5, 5.41) is 0. The summed E-state index contributed by atoms with van der Waals surface area (Å²) in [5.41, 5.74) is 3.02. The minimum Gasteiger partial charge on any atom is -0.467 e. The van der Waals surface area contributed by atoms with E-state index in [0.29, 0.717) is 17.7 Å². The lowest BCUT2D eigenvalue weighted by Crippen LogP contribution is -2.05. The van der Waals surface area contributed by atoms with Crippen LogP contribution in [0.3, 0.4) is 0 Å². The molecule has 0 spiro atoms. The lowest BCUT2D eigenvalue weighted by Gasteiger charge is -2.06. The fourth-order valence-electron chi connectivity index (χ4n) is 1.68. The highest BCUT2D eigenvalue weighted by Crippen LogP contribution is 2.17. The molecule has 0 radical (unpaired) electrons. The van der Waals surface area contributed by atoms with Gasteiger partial charge in [-0.05, 0) is 36.1 Å². The van der Waals surface area contributed by atoms with Crippen molar-refractivity contribution in [1.82, 2.24) is 0 Å². The number of rotatable bonds is 4. The predicted octanol–water partition coefficient (Wildman–Crippen LogP) is 2.23. The van der Waals surface area contributed by atoms with Gasteiger partial charge in [0, 0.05) is 0 Å². The third-order valence-electron chi connectivity index (χ3n) is 2.43. The first kappa shape index (κ1) is 13.7. The maximum absolute atomic E-state index is 11.5. The fourth-order valence-corrected chi connectivity index (χ4v) is 1.94. The molecule has 0 heterocycles. The Morgan fingerprint density at radius 1 is 1.29 bits per heavy atom. The van der Waals surface area contributed by atoms with Crippen LogP contribution in [0.4, 0.5) is 0 Å². The van der Waals surface area contributed by atoms with Gasteiger partial charge in [-0.3, -0.25) is 0 Å². The van der Waals surface area contributed by atoms with Gasteiger partial charge in [0.15, 0.2) is 0 Å². The van der Waals surface area contributed by atoms with Crippen LogP contribution < -0.4 is 0 Å². The van der Waals surface area contributed by atoms with Crippen LogP contribution in [0.15, 0.2) is 30.3 Å². The Balaban J connectivity index is 2.85. The number of hydrogen-bond donors (Lipinski definition) is 0. The smallest absolute Gasteiger partial charge is 0.337 e.